The molecule has 270 valence electrons. The van der Waals surface area contributed by atoms with E-state index in [2.05, 4.69) is 31.8 Å². The van der Waals surface area contributed by atoms with E-state index in [-0.39, 0.29) is 57.9 Å². The Morgan fingerprint density at radius 3 is 2.37 bits per heavy atom. The third kappa shape index (κ3) is 16.8. The average Bonchev–Trinajstić information content (AvgIpc) is 3.54. The van der Waals surface area contributed by atoms with Gasteiger partial charge in [-0.2, -0.15) is 9.97 Å². The zero-order valence-corrected chi connectivity index (χ0v) is 29.8. The molecule has 0 radical (unpaired) electrons. The molecule has 18 heteroatoms. The number of carbonyl (C=O) groups is 1. The number of rotatable bonds is 26. The van der Waals surface area contributed by atoms with Crippen molar-refractivity contribution in [2.45, 2.75) is 44.7 Å². The van der Waals surface area contributed by atoms with E-state index in [1.165, 1.54) is 0 Å². The van der Waals surface area contributed by atoms with Gasteiger partial charge in [-0.3, -0.25) is 4.79 Å². The summed E-state index contributed by atoms with van der Waals surface area (Å²) in [5, 5.41) is 17.4. The van der Waals surface area contributed by atoms with Crippen LogP contribution in [0.2, 0.25) is 5.28 Å². The van der Waals surface area contributed by atoms with Crippen molar-refractivity contribution >= 4 is 52.5 Å². The van der Waals surface area contributed by atoms with Crippen molar-refractivity contribution in [2.75, 3.05) is 76.0 Å². The minimum atomic E-state index is -1.96. The smallest absolute Gasteiger partial charge is 0.226 e. The summed E-state index contributed by atoms with van der Waals surface area (Å²) < 4.78 is 32.9. The van der Waals surface area contributed by atoms with E-state index in [9.17, 15) is 4.79 Å². The topological polar surface area (TPSA) is 199 Å². The van der Waals surface area contributed by atoms with Gasteiger partial charge in [0.2, 0.25) is 11.2 Å². The maximum atomic E-state index is 12.4. The number of nitrogens with one attached hydrogen (secondary N) is 4. The molecule has 0 spiro atoms. The van der Waals surface area contributed by atoms with Gasteiger partial charge in [-0.15, -0.1) is 6.42 Å². The highest BCUT2D eigenvalue weighted by Crippen LogP contribution is 2.34. The molecule has 1 aliphatic rings. The third-order valence-electron chi connectivity index (χ3n) is 6.86. The quantitative estimate of drug-likeness (QED) is 0.0270. The number of benzene rings is 1. The fraction of sp³-hybridized carbons (Fsp3) is 0.548. The first-order valence-corrected chi connectivity index (χ1v) is 18.6. The summed E-state index contributed by atoms with van der Waals surface area (Å²) in [5.41, 5.74) is 2.26. The van der Waals surface area contributed by atoms with Crippen LogP contribution in [-0.2, 0) is 46.1 Å². The summed E-state index contributed by atoms with van der Waals surface area (Å²) in [6.07, 6.45) is 7.38. The minimum Gasteiger partial charge on any atom is -0.379 e. The maximum absolute atomic E-state index is 12.4. The van der Waals surface area contributed by atoms with Crippen molar-refractivity contribution in [2.24, 2.45) is 0 Å². The molecule has 0 saturated carbocycles. The zero-order chi connectivity index (χ0) is 35.1. The molecule has 0 aliphatic carbocycles. The lowest BCUT2D eigenvalue weighted by Gasteiger charge is -2.19. The van der Waals surface area contributed by atoms with Crippen molar-refractivity contribution in [1.82, 2.24) is 15.3 Å². The highest BCUT2D eigenvalue weighted by atomic mass is 35.5. The molecular weight excluding hydrogens is 698 g/mol. The lowest BCUT2D eigenvalue weighted by Crippen LogP contribution is -2.25. The van der Waals surface area contributed by atoms with Crippen molar-refractivity contribution in [1.29, 1.82) is 5.41 Å². The Kier molecular flexibility index (Phi) is 20.5. The van der Waals surface area contributed by atoms with Gasteiger partial charge in [-0.1, -0.05) is 30.2 Å². The van der Waals surface area contributed by atoms with E-state index >= 15 is 0 Å². The van der Waals surface area contributed by atoms with Crippen molar-refractivity contribution in [3.8, 4) is 12.3 Å². The molecule has 1 aromatic carbocycles. The van der Waals surface area contributed by atoms with Gasteiger partial charge in [0.25, 0.3) is 0 Å². The normalized spacial score (nSPS) is 15.9. The highest BCUT2D eigenvalue weighted by Gasteiger charge is 2.27. The molecule has 0 bridgehead atoms. The average molecular weight is 743 g/mol. The van der Waals surface area contributed by atoms with Crippen LogP contribution in [0.3, 0.4) is 0 Å². The van der Waals surface area contributed by atoms with Crippen LogP contribution in [0.5, 0.6) is 0 Å². The number of carbonyl (C=O) groups excluding carboxylic acids is 1. The predicted molar refractivity (Wildman–Crippen MR) is 189 cm³/mol. The molecule has 3 rings (SSSR count). The summed E-state index contributed by atoms with van der Waals surface area (Å²) in [6.45, 7) is 4.14. The summed E-state index contributed by atoms with van der Waals surface area (Å²) in [5.74, 6) is 3.20. The minimum absolute atomic E-state index is 0.000838. The van der Waals surface area contributed by atoms with Gasteiger partial charge >= 0.3 is 0 Å². The summed E-state index contributed by atoms with van der Waals surface area (Å²) in [7, 11) is -1.96. The lowest BCUT2D eigenvalue weighted by atomic mass is 10.1. The number of aromatic nitrogens is 2. The monoisotopic (exact) mass is 742 g/mol. The Morgan fingerprint density at radius 2 is 1.69 bits per heavy atom. The number of terminal acetylenes is 1. The molecule has 1 saturated heterocycles. The molecule has 6 N–H and O–H groups in total. The van der Waals surface area contributed by atoms with Gasteiger partial charge in [0.05, 0.1) is 70.4 Å². The molecule has 1 aliphatic heterocycles. The number of ether oxygens (including phenoxy) is 5. The van der Waals surface area contributed by atoms with Crippen molar-refractivity contribution in [3.05, 3.63) is 46.2 Å². The lowest BCUT2D eigenvalue weighted by molar-refractivity contribution is -0.122. The highest BCUT2D eigenvalue weighted by molar-refractivity contribution is 7.58. The number of hydrogen-bond acceptors (Lipinski definition) is 14. The zero-order valence-electron chi connectivity index (χ0n) is 27.2. The van der Waals surface area contributed by atoms with Gasteiger partial charge in [0, 0.05) is 34.5 Å². The van der Waals surface area contributed by atoms with E-state index < -0.39 is 8.38 Å². The van der Waals surface area contributed by atoms with E-state index in [0.717, 1.165) is 23.8 Å². The molecule has 3 atom stereocenters. The van der Waals surface area contributed by atoms with Crippen LogP contribution in [0.15, 0.2) is 24.3 Å². The molecule has 1 fully saturated rings. The summed E-state index contributed by atoms with van der Waals surface area (Å²) in [4.78, 5) is 39.1. The Hall–Kier alpha value is -2.57. The second kappa shape index (κ2) is 24.6. The number of anilines is 2. The standard InChI is InChI=1S/C31H45ClN6O9P2/c1-2-10-42-12-14-44-16-17-45-15-13-43-11-9-27(39)34-19-23-5-3-4-6-24(23)20-35-29-26(18-33)30(38-31(32)37-29)36-28-8-7-25(47-28)21-46-48-22-49(40)41/h1,3-6,18,25,28,33,40-41,48H,7-17,19-22H2,(H,34,39)(H2,35,36,37,38). The van der Waals surface area contributed by atoms with E-state index in [1.807, 2.05) is 24.3 Å². The van der Waals surface area contributed by atoms with Gasteiger partial charge < -0.3 is 59.4 Å². The van der Waals surface area contributed by atoms with Crippen molar-refractivity contribution in [3.63, 3.8) is 0 Å². The molecule has 3 unspecified atom stereocenters. The first kappa shape index (κ1) is 40.9. The van der Waals surface area contributed by atoms with Crippen LogP contribution in [0.25, 0.3) is 0 Å². The van der Waals surface area contributed by atoms with E-state index in [1.54, 1.807) is 0 Å². The van der Waals surface area contributed by atoms with Crippen LogP contribution >= 0.6 is 28.8 Å². The fourth-order valence-corrected chi connectivity index (χ4v) is 5.78. The van der Waals surface area contributed by atoms with E-state index in [4.69, 9.17) is 61.4 Å². The summed E-state index contributed by atoms with van der Waals surface area (Å²) in [6, 6.07) is 7.68. The van der Waals surface area contributed by atoms with Crippen LogP contribution in [-0.4, -0.2) is 110 Å². The van der Waals surface area contributed by atoms with Crippen LogP contribution in [0.4, 0.5) is 11.6 Å². The molecule has 49 heavy (non-hydrogen) atoms. The second-order valence-corrected chi connectivity index (χ2v) is 13.4. The molecule has 1 amide bonds. The maximum Gasteiger partial charge on any atom is 0.226 e. The Balaban J connectivity index is 1.38. The molecule has 15 nitrogen and oxygen atoms in total. The number of hydrogen-bond donors (Lipinski definition) is 6. The number of halogens is 1. The molecule has 2 aromatic rings. The number of amides is 1. The first-order valence-electron chi connectivity index (χ1n) is 15.7. The third-order valence-corrected chi connectivity index (χ3v) is 9.05. The Labute approximate surface area is 294 Å². The molecule has 2 heterocycles. The molecule has 1 aromatic heterocycles. The number of nitrogens with zero attached hydrogens (tertiary/aromatic N) is 2. The Bertz CT molecular complexity index is 1330. The molecular formula is C31H45ClN6O9P2. The van der Waals surface area contributed by atoms with Gasteiger partial charge in [-0.05, 0) is 35.6 Å². The summed E-state index contributed by atoms with van der Waals surface area (Å²) >= 11 is 6.26. The van der Waals surface area contributed by atoms with Crippen LogP contribution in [0.1, 0.15) is 36.0 Å². The van der Waals surface area contributed by atoms with Gasteiger partial charge in [0.15, 0.2) is 8.38 Å². The second-order valence-electron chi connectivity index (χ2n) is 10.4. The van der Waals surface area contributed by atoms with Crippen molar-refractivity contribution < 1.29 is 42.8 Å². The fourth-order valence-electron chi connectivity index (χ4n) is 4.49. The van der Waals surface area contributed by atoms with Gasteiger partial charge in [-0.25, -0.2) is 0 Å². The van der Waals surface area contributed by atoms with Gasteiger partial charge in [0.1, 0.15) is 24.5 Å². The van der Waals surface area contributed by atoms with E-state index in [0.29, 0.717) is 83.0 Å². The SMILES string of the molecule is C#CCOCCOCCOCCOCCC(=O)NCc1ccccc1CNc1nc(Cl)nc(NC2CCC(COPCP(O)O)O2)c1C=N. The predicted octanol–water partition coefficient (Wildman–Crippen LogP) is 3.23. The first-order chi connectivity index (χ1) is 23.9. The van der Waals surface area contributed by atoms with Crippen LogP contribution in [0, 0.1) is 17.8 Å². The largest absolute Gasteiger partial charge is 0.379 e. The van der Waals surface area contributed by atoms with Crippen LogP contribution < -0.4 is 16.0 Å². The Morgan fingerprint density at radius 1 is 1.04 bits per heavy atom.